The third-order valence-electron chi connectivity index (χ3n) is 2.77. The number of halogens is 1. The van der Waals surface area contributed by atoms with Crippen molar-refractivity contribution in [3.63, 3.8) is 0 Å². The van der Waals surface area contributed by atoms with Crippen LogP contribution in [0.4, 0.5) is 0 Å². The summed E-state index contributed by atoms with van der Waals surface area (Å²) in [5.41, 5.74) is 9.09. The van der Waals surface area contributed by atoms with E-state index in [-0.39, 0.29) is 0 Å². The summed E-state index contributed by atoms with van der Waals surface area (Å²) in [4.78, 5) is 1.26. The van der Waals surface area contributed by atoms with E-state index < -0.39 is 0 Å². The van der Waals surface area contributed by atoms with Crippen LogP contribution in [0.3, 0.4) is 0 Å². The second-order valence-electron chi connectivity index (χ2n) is 4.23. The van der Waals surface area contributed by atoms with Crippen LogP contribution >= 0.6 is 23.4 Å². The first-order chi connectivity index (χ1) is 8.69. The summed E-state index contributed by atoms with van der Waals surface area (Å²) in [6, 6.07) is 14.6. The van der Waals surface area contributed by atoms with E-state index in [2.05, 4.69) is 37.3 Å². The molecule has 0 atom stereocenters. The summed E-state index contributed by atoms with van der Waals surface area (Å²) in [7, 11) is 0. The minimum absolute atomic E-state index is 0.533. The van der Waals surface area contributed by atoms with Gasteiger partial charge in [0.25, 0.3) is 0 Å². The number of rotatable bonds is 4. The van der Waals surface area contributed by atoms with Crippen LogP contribution in [0, 0.1) is 6.92 Å². The van der Waals surface area contributed by atoms with Crippen LogP contribution in [0.2, 0.25) is 5.02 Å². The molecule has 0 aliphatic rings. The number of nitrogens with two attached hydrogens (primary N) is 1. The smallest absolute Gasteiger partial charge is 0.0449 e. The van der Waals surface area contributed by atoms with Crippen molar-refractivity contribution < 1.29 is 0 Å². The predicted molar refractivity (Wildman–Crippen MR) is 80.1 cm³/mol. The van der Waals surface area contributed by atoms with Crippen LogP contribution < -0.4 is 5.73 Å². The van der Waals surface area contributed by atoms with Gasteiger partial charge in [-0.05, 0) is 36.2 Å². The van der Waals surface area contributed by atoms with E-state index in [1.54, 1.807) is 11.8 Å². The van der Waals surface area contributed by atoms with Crippen molar-refractivity contribution in [2.45, 2.75) is 24.1 Å². The fourth-order valence-electron chi connectivity index (χ4n) is 1.63. The van der Waals surface area contributed by atoms with Gasteiger partial charge in [0.15, 0.2) is 0 Å². The second-order valence-corrected chi connectivity index (χ2v) is 5.69. The Morgan fingerprint density at radius 1 is 1.11 bits per heavy atom. The van der Waals surface area contributed by atoms with Gasteiger partial charge in [0.2, 0.25) is 0 Å². The zero-order chi connectivity index (χ0) is 13.0. The molecule has 0 amide bonds. The van der Waals surface area contributed by atoms with Gasteiger partial charge in [0.05, 0.1) is 0 Å². The molecule has 1 nitrogen and oxygen atoms in total. The number of aryl methyl sites for hydroxylation is 1. The summed E-state index contributed by atoms with van der Waals surface area (Å²) in [5, 5.41) is 0.803. The molecule has 2 rings (SSSR count). The predicted octanol–water partition coefficient (Wildman–Crippen LogP) is 4.40. The van der Waals surface area contributed by atoms with Gasteiger partial charge >= 0.3 is 0 Å². The molecule has 0 fully saturated rings. The molecular weight excluding hydrogens is 262 g/mol. The third kappa shape index (κ3) is 3.52. The molecule has 0 unspecified atom stereocenters. The van der Waals surface area contributed by atoms with E-state index in [0.717, 1.165) is 21.9 Å². The number of hydrogen-bond acceptors (Lipinski definition) is 2. The van der Waals surface area contributed by atoms with Gasteiger partial charge in [-0.25, -0.2) is 0 Å². The topological polar surface area (TPSA) is 26.0 Å². The van der Waals surface area contributed by atoms with Gasteiger partial charge in [-0.15, -0.1) is 11.8 Å². The summed E-state index contributed by atoms with van der Waals surface area (Å²) >= 11 is 8.02. The third-order valence-corrected chi connectivity index (χ3v) is 4.18. The first kappa shape index (κ1) is 13.5. The Balaban J connectivity index is 2.04. The van der Waals surface area contributed by atoms with Crippen LogP contribution in [-0.2, 0) is 12.3 Å². The molecule has 3 heteroatoms. The van der Waals surface area contributed by atoms with Crippen LogP contribution in [0.15, 0.2) is 47.4 Å². The second kappa shape index (κ2) is 6.28. The van der Waals surface area contributed by atoms with Crippen molar-refractivity contribution in [1.29, 1.82) is 0 Å². The highest BCUT2D eigenvalue weighted by Gasteiger charge is 2.02. The number of benzene rings is 2. The van der Waals surface area contributed by atoms with E-state index in [4.69, 9.17) is 17.3 Å². The molecule has 2 aromatic rings. The van der Waals surface area contributed by atoms with Gasteiger partial charge in [0.1, 0.15) is 0 Å². The minimum Gasteiger partial charge on any atom is -0.326 e. The molecule has 0 aromatic heterocycles. The molecule has 0 heterocycles. The lowest BCUT2D eigenvalue weighted by atomic mass is 10.1. The number of hydrogen-bond donors (Lipinski definition) is 1. The summed E-state index contributed by atoms with van der Waals surface area (Å²) in [6.07, 6.45) is 0. The maximum Gasteiger partial charge on any atom is 0.0449 e. The monoisotopic (exact) mass is 277 g/mol. The SMILES string of the molecule is Cc1ccc(SCc2ccc(CN)cc2Cl)cc1. The molecule has 2 N–H and O–H groups in total. The molecule has 18 heavy (non-hydrogen) atoms. The number of thioether (sulfide) groups is 1. The Morgan fingerprint density at radius 2 is 1.83 bits per heavy atom. The van der Waals surface area contributed by atoms with Crippen molar-refractivity contribution in [1.82, 2.24) is 0 Å². The lowest BCUT2D eigenvalue weighted by molar-refractivity contribution is 1.07. The van der Waals surface area contributed by atoms with E-state index in [0.29, 0.717) is 6.54 Å². The average Bonchev–Trinajstić information content (AvgIpc) is 2.39. The quantitative estimate of drug-likeness (QED) is 0.839. The Hall–Kier alpha value is -0.960. The molecule has 0 saturated carbocycles. The van der Waals surface area contributed by atoms with Crippen molar-refractivity contribution in [3.05, 3.63) is 64.2 Å². The molecule has 2 aromatic carbocycles. The minimum atomic E-state index is 0.533. The Kier molecular flexibility index (Phi) is 4.70. The first-order valence-electron chi connectivity index (χ1n) is 5.86. The standard InChI is InChI=1S/C15H16ClNS/c1-11-2-6-14(7-3-11)18-10-13-5-4-12(9-17)8-15(13)16/h2-8H,9-10,17H2,1H3. The average molecular weight is 278 g/mol. The lowest BCUT2D eigenvalue weighted by Gasteiger charge is -2.06. The van der Waals surface area contributed by atoms with E-state index >= 15 is 0 Å². The molecular formula is C15H16ClNS. The lowest BCUT2D eigenvalue weighted by Crippen LogP contribution is -1.96. The molecule has 0 spiro atoms. The zero-order valence-electron chi connectivity index (χ0n) is 10.3. The van der Waals surface area contributed by atoms with Gasteiger partial charge in [-0.1, -0.05) is 41.4 Å². The van der Waals surface area contributed by atoms with Crippen molar-refractivity contribution in [3.8, 4) is 0 Å². The fraction of sp³-hybridized carbons (Fsp3) is 0.200. The first-order valence-corrected chi connectivity index (χ1v) is 7.22. The van der Waals surface area contributed by atoms with E-state index in [9.17, 15) is 0 Å². The molecule has 0 saturated heterocycles. The molecule has 94 valence electrons. The summed E-state index contributed by atoms with van der Waals surface area (Å²) in [5.74, 6) is 0.882. The molecule has 0 aliphatic heterocycles. The van der Waals surface area contributed by atoms with Gasteiger partial charge in [-0.2, -0.15) is 0 Å². The van der Waals surface area contributed by atoms with Crippen molar-refractivity contribution in [2.24, 2.45) is 5.73 Å². The summed E-state index contributed by atoms with van der Waals surface area (Å²) < 4.78 is 0. The highest BCUT2D eigenvalue weighted by atomic mass is 35.5. The summed E-state index contributed by atoms with van der Waals surface area (Å²) in [6.45, 7) is 2.63. The van der Waals surface area contributed by atoms with Crippen LogP contribution in [0.5, 0.6) is 0 Å². The Morgan fingerprint density at radius 3 is 2.44 bits per heavy atom. The van der Waals surface area contributed by atoms with Crippen LogP contribution in [0.25, 0.3) is 0 Å². The maximum absolute atomic E-state index is 6.23. The molecule has 0 aliphatic carbocycles. The van der Waals surface area contributed by atoms with E-state index in [1.165, 1.54) is 10.5 Å². The van der Waals surface area contributed by atoms with Gasteiger partial charge in [-0.3, -0.25) is 0 Å². The van der Waals surface area contributed by atoms with Crippen LogP contribution in [-0.4, -0.2) is 0 Å². The fourth-order valence-corrected chi connectivity index (χ4v) is 2.88. The molecule has 0 radical (unpaired) electrons. The zero-order valence-corrected chi connectivity index (χ0v) is 11.9. The van der Waals surface area contributed by atoms with Gasteiger partial charge < -0.3 is 5.73 Å². The van der Waals surface area contributed by atoms with Crippen molar-refractivity contribution >= 4 is 23.4 Å². The largest absolute Gasteiger partial charge is 0.326 e. The normalized spacial score (nSPS) is 10.6. The Bertz CT molecular complexity index is 523. The van der Waals surface area contributed by atoms with E-state index in [1.807, 2.05) is 12.1 Å². The highest BCUT2D eigenvalue weighted by Crippen LogP contribution is 2.27. The van der Waals surface area contributed by atoms with Crippen molar-refractivity contribution in [2.75, 3.05) is 0 Å². The molecule has 0 bridgehead atoms. The maximum atomic E-state index is 6.23. The van der Waals surface area contributed by atoms with Crippen LogP contribution in [0.1, 0.15) is 16.7 Å². The Labute approximate surface area is 117 Å². The highest BCUT2D eigenvalue weighted by molar-refractivity contribution is 7.98. The van der Waals surface area contributed by atoms with Gasteiger partial charge in [0, 0.05) is 22.2 Å².